The zero-order chi connectivity index (χ0) is 13.1. The summed E-state index contributed by atoms with van der Waals surface area (Å²) in [4.78, 5) is 0. The van der Waals surface area contributed by atoms with E-state index in [-0.39, 0.29) is 11.9 Å². The highest BCUT2D eigenvalue weighted by Gasteiger charge is 2.11. The summed E-state index contributed by atoms with van der Waals surface area (Å²) in [6.07, 6.45) is 1.81. The first-order chi connectivity index (χ1) is 8.61. The molecular weight excluding hydrogens is 229 g/mol. The van der Waals surface area contributed by atoms with Gasteiger partial charge in [0.25, 0.3) is 0 Å². The number of hydrogen-bond acceptors (Lipinski definition) is 2. The van der Waals surface area contributed by atoms with Crippen LogP contribution in [0.2, 0.25) is 0 Å². The van der Waals surface area contributed by atoms with E-state index in [2.05, 4.69) is 24.3 Å². The summed E-state index contributed by atoms with van der Waals surface area (Å²) in [5.74, 6) is -0.235. The molecule has 2 rings (SSSR count). The minimum absolute atomic E-state index is 0.207. The lowest BCUT2D eigenvalue weighted by Crippen LogP contribution is -2.17. The van der Waals surface area contributed by atoms with E-state index in [1.807, 2.05) is 31.4 Å². The van der Waals surface area contributed by atoms with Crippen molar-refractivity contribution in [2.75, 3.05) is 6.54 Å². The summed E-state index contributed by atoms with van der Waals surface area (Å²) in [6, 6.07) is 7.21. The van der Waals surface area contributed by atoms with E-state index in [1.54, 1.807) is 4.68 Å². The number of hydrogen-bond donors (Lipinski definition) is 1. The molecule has 2 aromatic rings. The van der Waals surface area contributed by atoms with Crippen LogP contribution in [-0.2, 0) is 7.05 Å². The van der Waals surface area contributed by atoms with E-state index in [9.17, 15) is 4.39 Å². The first kappa shape index (κ1) is 12.8. The van der Waals surface area contributed by atoms with Crippen LogP contribution in [0.3, 0.4) is 0 Å². The first-order valence-electron chi connectivity index (χ1n) is 6.14. The Morgan fingerprint density at radius 2 is 2.17 bits per heavy atom. The number of aryl methyl sites for hydroxylation is 1. The Morgan fingerprint density at radius 3 is 2.78 bits per heavy atom. The van der Waals surface area contributed by atoms with Gasteiger partial charge in [-0.2, -0.15) is 5.10 Å². The molecule has 0 aliphatic heterocycles. The molecule has 0 bridgehead atoms. The Kier molecular flexibility index (Phi) is 3.77. The second-order valence-corrected chi connectivity index (χ2v) is 4.39. The normalized spacial score (nSPS) is 12.7. The third-order valence-corrected chi connectivity index (χ3v) is 2.99. The van der Waals surface area contributed by atoms with Gasteiger partial charge in [-0.15, -0.1) is 0 Å². The van der Waals surface area contributed by atoms with Gasteiger partial charge >= 0.3 is 0 Å². The van der Waals surface area contributed by atoms with E-state index in [0.717, 1.165) is 12.1 Å². The van der Waals surface area contributed by atoms with Crippen molar-refractivity contribution in [1.29, 1.82) is 0 Å². The van der Waals surface area contributed by atoms with Gasteiger partial charge in [0, 0.05) is 24.8 Å². The number of nitrogens with zero attached hydrogens (tertiary/aromatic N) is 2. The summed E-state index contributed by atoms with van der Waals surface area (Å²) in [5.41, 5.74) is 2.29. The maximum atomic E-state index is 13.8. The Bertz CT molecular complexity index is 534. The van der Waals surface area contributed by atoms with Gasteiger partial charge in [-0.1, -0.05) is 13.0 Å². The highest BCUT2D eigenvalue weighted by atomic mass is 19.1. The van der Waals surface area contributed by atoms with Crippen LogP contribution >= 0.6 is 0 Å². The quantitative estimate of drug-likeness (QED) is 0.900. The zero-order valence-electron chi connectivity index (χ0n) is 10.9. The van der Waals surface area contributed by atoms with Gasteiger partial charge in [-0.05, 0) is 37.2 Å². The predicted molar refractivity (Wildman–Crippen MR) is 70.7 cm³/mol. The molecule has 0 aliphatic carbocycles. The first-order valence-corrected chi connectivity index (χ1v) is 6.14. The molecule has 0 spiro atoms. The van der Waals surface area contributed by atoms with Gasteiger partial charge in [0.2, 0.25) is 0 Å². The molecule has 18 heavy (non-hydrogen) atoms. The standard InChI is InChI=1S/C14H18FN3/c1-4-16-10(2)11-5-6-13(15)12(9-11)14-7-8-18(3)17-14/h5-10,16H,4H2,1-3H3. The SMILES string of the molecule is CCNC(C)c1ccc(F)c(-c2ccn(C)n2)c1. The van der Waals surface area contributed by atoms with Gasteiger partial charge < -0.3 is 5.32 Å². The molecule has 4 heteroatoms. The van der Waals surface area contributed by atoms with Gasteiger partial charge in [-0.3, -0.25) is 4.68 Å². The lowest BCUT2D eigenvalue weighted by molar-refractivity contribution is 0.592. The second-order valence-electron chi connectivity index (χ2n) is 4.39. The van der Waals surface area contributed by atoms with Gasteiger partial charge in [0.05, 0.1) is 5.69 Å². The summed E-state index contributed by atoms with van der Waals surface area (Å²) in [5, 5.41) is 7.56. The summed E-state index contributed by atoms with van der Waals surface area (Å²) in [6.45, 7) is 5.01. The molecular formula is C14H18FN3. The van der Waals surface area contributed by atoms with Crippen molar-refractivity contribution in [2.45, 2.75) is 19.9 Å². The molecule has 0 saturated carbocycles. The van der Waals surface area contributed by atoms with Gasteiger partial charge in [0.1, 0.15) is 5.82 Å². The van der Waals surface area contributed by atoms with Crippen molar-refractivity contribution in [3.05, 3.63) is 41.8 Å². The highest BCUT2D eigenvalue weighted by molar-refractivity contribution is 5.60. The number of halogens is 1. The molecule has 1 atom stereocenters. The molecule has 1 unspecified atom stereocenters. The van der Waals surface area contributed by atoms with Crippen molar-refractivity contribution in [3.63, 3.8) is 0 Å². The van der Waals surface area contributed by atoms with E-state index in [1.165, 1.54) is 6.07 Å². The maximum absolute atomic E-state index is 13.8. The van der Waals surface area contributed by atoms with E-state index >= 15 is 0 Å². The van der Waals surface area contributed by atoms with Crippen LogP contribution in [0, 0.1) is 5.82 Å². The minimum Gasteiger partial charge on any atom is -0.310 e. The Morgan fingerprint density at radius 1 is 1.39 bits per heavy atom. The van der Waals surface area contributed by atoms with Crippen LogP contribution in [0.1, 0.15) is 25.5 Å². The van der Waals surface area contributed by atoms with E-state index in [4.69, 9.17) is 0 Å². The monoisotopic (exact) mass is 247 g/mol. The Labute approximate surface area is 107 Å². The van der Waals surface area contributed by atoms with Crippen LogP contribution in [0.15, 0.2) is 30.5 Å². The summed E-state index contributed by atoms with van der Waals surface area (Å²) in [7, 11) is 1.83. The molecule has 0 amide bonds. The predicted octanol–water partition coefficient (Wildman–Crippen LogP) is 2.90. The molecule has 1 heterocycles. The molecule has 1 aromatic carbocycles. The van der Waals surface area contributed by atoms with E-state index in [0.29, 0.717) is 11.3 Å². The molecule has 0 fully saturated rings. The molecule has 96 valence electrons. The minimum atomic E-state index is -0.235. The second kappa shape index (κ2) is 5.31. The third kappa shape index (κ3) is 2.59. The van der Waals surface area contributed by atoms with Crippen molar-refractivity contribution < 1.29 is 4.39 Å². The van der Waals surface area contributed by atoms with Gasteiger partial charge in [0.15, 0.2) is 0 Å². The maximum Gasteiger partial charge on any atom is 0.132 e. The van der Waals surface area contributed by atoms with Crippen LogP contribution in [0.25, 0.3) is 11.3 Å². The fraction of sp³-hybridized carbons (Fsp3) is 0.357. The topological polar surface area (TPSA) is 29.9 Å². The van der Waals surface area contributed by atoms with Gasteiger partial charge in [-0.25, -0.2) is 4.39 Å². The molecule has 0 aliphatic rings. The molecule has 0 radical (unpaired) electrons. The number of rotatable bonds is 4. The number of benzene rings is 1. The van der Waals surface area contributed by atoms with Crippen molar-refractivity contribution in [2.24, 2.45) is 7.05 Å². The van der Waals surface area contributed by atoms with E-state index < -0.39 is 0 Å². The Balaban J connectivity index is 2.38. The average Bonchev–Trinajstić information content (AvgIpc) is 2.76. The van der Waals surface area contributed by atoms with Crippen LogP contribution in [0.4, 0.5) is 4.39 Å². The lowest BCUT2D eigenvalue weighted by atomic mass is 10.0. The molecule has 1 aromatic heterocycles. The average molecular weight is 247 g/mol. The fourth-order valence-corrected chi connectivity index (χ4v) is 1.99. The van der Waals surface area contributed by atoms with Crippen LogP contribution in [0.5, 0.6) is 0 Å². The smallest absolute Gasteiger partial charge is 0.132 e. The van der Waals surface area contributed by atoms with Crippen molar-refractivity contribution >= 4 is 0 Å². The largest absolute Gasteiger partial charge is 0.310 e. The number of nitrogens with one attached hydrogen (secondary N) is 1. The summed E-state index contributed by atoms with van der Waals surface area (Å²) < 4.78 is 15.5. The zero-order valence-corrected chi connectivity index (χ0v) is 10.9. The molecule has 3 nitrogen and oxygen atoms in total. The fourth-order valence-electron chi connectivity index (χ4n) is 1.99. The Hall–Kier alpha value is -1.68. The highest BCUT2D eigenvalue weighted by Crippen LogP contribution is 2.24. The summed E-state index contributed by atoms with van der Waals surface area (Å²) >= 11 is 0. The number of aromatic nitrogens is 2. The molecule has 0 saturated heterocycles. The van der Waals surface area contributed by atoms with Crippen LogP contribution < -0.4 is 5.32 Å². The third-order valence-electron chi connectivity index (χ3n) is 2.99. The molecule has 1 N–H and O–H groups in total. The van der Waals surface area contributed by atoms with Crippen molar-refractivity contribution in [3.8, 4) is 11.3 Å². The lowest BCUT2D eigenvalue weighted by Gasteiger charge is -2.13. The van der Waals surface area contributed by atoms with Crippen LogP contribution in [-0.4, -0.2) is 16.3 Å². The van der Waals surface area contributed by atoms with Crippen molar-refractivity contribution in [1.82, 2.24) is 15.1 Å².